The summed E-state index contributed by atoms with van der Waals surface area (Å²) in [5, 5.41) is 0. The van der Waals surface area contributed by atoms with Gasteiger partial charge in [0, 0.05) is 6.92 Å². The number of ether oxygens (including phenoxy) is 4. The summed E-state index contributed by atoms with van der Waals surface area (Å²) < 4.78 is 22.2. The van der Waals surface area contributed by atoms with E-state index in [1.807, 2.05) is 0 Å². The van der Waals surface area contributed by atoms with Crippen LogP contribution >= 0.6 is 0 Å². The molecule has 0 spiro atoms. The van der Waals surface area contributed by atoms with Gasteiger partial charge in [0.25, 0.3) is 0 Å². The van der Waals surface area contributed by atoms with E-state index in [2.05, 4.69) is 0 Å². The maximum absolute atomic E-state index is 12.6. The van der Waals surface area contributed by atoms with Gasteiger partial charge in [-0.05, 0) is 24.3 Å². The van der Waals surface area contributed by atoms with E-state index in [1.54, 1.807) is 74.5 Å². The molecule has 1 aliphatic heterocycles. The second-order valence-corrected chi connectivity index (χ2v) is 7.59. The number of rotatable bonds is 6. The molecule has 0 aromatic heterocycles. The maximum Gasteiger partial charge on any atom is 0.338 e. The third-order valence-corrected chi connectivity index (χ3v) is 4.88. The Morgan fingerprint density at radius 2 is 1.40 bits per heavy atom. The SMILES string of the molecule is CC(=O)OC1O[C@H](COC(=O)c2ccccc2)[C@@H](OC(=O)c2ccccc2)C1(C)C. The predicted molar refractivity (Wildman–Crippen MR) is 107 cm³/mol. The normalized spacial score (nSPS) is 22.2. The van der Waals surface area contributed by atoms with Crippen LogP contribution in [-0.4, -0.2) is 43.0 Å². The highest BCUT2D eigenvalue weighted by atomic mass is 16.7. The Labute approximate surface area is 174 Å². The Hall–Kier alpha value is -3.19. The molecule has 0 radical (unpaired) electrons. The van der Waals surface area contributed by atoms with Crippen molar-refractivity contribution < 1.29 is 33.3 Å². The van der Waals surface area contributed by atoms with Crippen LogP contribution in [0.4, 0.5) is 0 Å². The Morgan fingerprint density at radius 3 is 1.93 bits per heavy atom. The molecule has 0 amide bonds. The zero-order valence-corrected chi connectivity index (χ0v) is 17.1. The van der Waals surface area contributed by atoms with Crippen LogP contribution < -0.4 is 0 Å². The molecule has 1 heterocycles. The fourth-order valence-corrected chi connectivity index (χ4v) is 3.28. The Kier molecular flexibility index (Phi) is 6.52. The van der Waals surface area contributed by atoms with Gasteiger partial charge in [-0.2, -0.15) is 0 Å². The van der Waals surface area contributed by atoms with E-state index in [4.69, 9.17) is 18.9 Å². The van der Waals surface area contributed by atoms with E-state index in [9.17, 15) is 14.4 Å². The molecule has 1 saturated heterocycles. The van der Waals surface area contributed by atoms with Gasteiger partial charge < -0.3 is 18.9 Å². The summed E-state index contributed by atoms with van der Waals surface area (Å²) >= 11 is 0. The van der Waals surface area contributed by atoms with Crippen molar-refractivity contribution in [3.8, 4) is 0 Å². The Bertz CT molecular complexity index is 892. The lowest BCUT2D eigenvalue weighted by molar-refractivity contribution is -0.189. The van der Waals surface area contributed by atoms with Gasteiger partial charge >= 0.3 is 17.9 Å². The van der Waals surface area contributed by atoms with E-state index in [1.165, 1.54) is 6.92 Å². The highest BCUT2D eigenvalue weighted by molar-refractivity contribution is 5.90. The van der Waals surface area contributed by atoms with Crippen LogP contribution in [0.5, 0.6) is 0 Å². The summed E-state index contributed by atoms with van der Waals surface area (Å²) in [6, 6.07) is 17.1. The molecule has 1 fully saturated rings. The van der Waals surface area contributed by atoms with Crippen molar-refractivity contribution in [3.05, 3.63) is 71.8 Å². The largest absolute Gasteiger partial charge is 0.459 e. The zero-order valence-electron chi connectivity index (χ0n) is 17.1. The van der Waals surface area contributed by atoms with Crippen LogP contribution in [0.25, 0.3) is 0 Å². The molecule has 0 aliphatic carbocycles. The summed E-state index contributed by atoms with van der Waals surface area (Å²) in [5.74, 6) is -1.59. The molecule has 0 bridgehead atoms. The summed E-state index contributed by atoms with van der Waals surface area (Å²) in [5.41, 5.74) is -0.0895. The minimum atomic E-state index is -0.955. The summed E-state index contributed by atoms with van der Waals surface area (Å²) in [4.78, 5) is 36.4. The molecule has 30 heavy (non-hydrogen) atoms. The molecule has 0 saturated carbocycles. The molecule has 0 N–H and O–H groups in total. The van der Waals surface area contributed by atoms with Crippen molar-refractivity contribution in [1.82, 2.24) is 0 Å². The third kappa shape index (κ3) is 4.86. The molecule has 7 heteroatoms. The first-order valence-corrected chi connectivity index (χ1v) is 9.60. The monoisotopic (exact) mass is 412 g/mol. The van der Waals surface area contributed by atoms with Gasteiger partial charge in [0.1, 0.15) is 18.8 Å². The lowest BCUT2D eigenvalue weighted by Gasteiger charge is -2.30. The fraction of sp³-hybridized carbons (Fsp3) is 0.348. The number of esters is 3. The van der Waals surface area contributed by atoms with Crippen molar-refractivity contribution in [1.29, 1.82) is 0 Å². The van der Waals surface area contributed by atoms with Crippen molar-refractivity contribution >= 4 is 17.9 Å². The first-order valence-electron chi connectivity index (χ1n) is 9.60. The molecule has 1 unspecified atom stereocenters. The smallest absolute Gasteiger partial charge is 0.338 e. The van der Waals surface area contributed by atoms with Gasteiger partial charge in [0.05, 0.1) is 16.5 Å². The molecule has 158 valence electrons. The van der Waals surface area contributed by atoms with Crippen molar-refractivity contribution in [3.63, 3.8) is 0 Å². The van der Waals surface area contributed by atoms with Crippen LogP contribution in [0.1, 0.15) is 41.5 Å². The number of carbonyl (C=O) groups is 3. The number of hydrogen-bond donors (Lipinski definition) is 0. The topological polar surface area (TPSA) is 88.1 Å². The van der Waals surface area contributed by atoms with E-state index in [0.29, 0.717) is 11.1 Å². The van der Waals surface area contributed by atoms with E-state index in [0.717, 1.165) is 0 Å². The van der Waals surface area contributed by atoms with Crippen LogP contribution in [0, 0.1) is 5.41 Å². The average molecular weight is 412 g/mol. The molecule has 3 rings (SSSR count). The van der Waals surface area contributed by atoms with E-state index < -0.39 is 41.8 Å². The lowest BCUT2D eigenvalue weighted by atomic mass is 9.85. The van der Waals surface area contributed by atoms with Crippen molar-refractivity contribution in [2.24, 2.45) is 5.41 Å². The minimum absolute atomic E-state index is 0.165. The second kappa shape index (κ2) is 9.09. The van der Waals surface area contributed by atoms with Crippen LogP contribution in [0.3, 0.4) is 0 Å². The average Bonchev–Trinajstić information content (AvgIpc) is 2.96. The first-order chi connectivity index (χ1) is 14.3. The van der Waals surface area contributed by atoms with Gasteiger partial charge in [-0.3, -0.25) is 4.79 Å². The highest BCUT2D eigenvalue weighted by Gasteiger charge is 2.55. The standard InChI is InChI=1S/C23H24O7/c1-15(24)28-22-23(2,3)19(30-21(26)17-12-8-5-9-13-17)18(29-22)14-27-20(25)16-10-6-4-7-11-16/h4-13,18-19,22H,14H2,1-3H3/t18-,19-,22?/m1/s1. The Balaban J connectivity index is 1.76. The molecule has 2 aromatic carbocycles. The minimum Gasteiger partial charge on any atom is -0.459 e. The van der Waals surface area contributed by atoms with Crippen molar-refractivity contribution in [2.75, 3.05) is 6.61 Å². The van der Waals surface area contributed by atoms with Crippen LogP contribution in [-0.2, 0) is 23.7 Å². The molecule has 1 aliphatic rings. The van der Waals surface area contributed by atoms with Gasteiger partial charge in [0.15, 0.2) is 0 Å². The third-order valence-electron chi connectivity index (χ3n) is 4.88. The summed E-state index contributed by atoms with van der Waals surface area (Å²) in [6.07, 6.45) is -2.56. The quantitative estimate of drug-likeness (QED) is 0.531. The molecular weight excluding hydrogens is 388 g/mol. The van der Waals surface area contributed by atoms with Gasteiger partial charge in [-0.1, -0.05) is 50.2 Å². The molecule has 7 nitrogen and oxygen atoms in total. The fourth-order valence-electron chi connectivity index (χ4n) is 3.28. The number of hydrogen-bond acceptors (Lipinski definition) is 7. The maximum atomic E-state index is 12.6. The highest BCUT2D eigenvalue weighted by Crippen LogP contribution is 2.41. The van der Waals surface area contributed by atoms with E-state index in [-0.39, 0.29) is 6.61 Å². The zero-order chi connectivity index (χ0) is 21.7. The predicted octanol–water partition coefficient (Wildman–Crippen LogP) is 3.38. The van der Waals surface area contributed by atoms with Crippen LogP contribution in [0.15, 0.2) is 60.7 Å². The summed E-state index contributed by atoms with van der Waals surface area (Å²) in [6.45, 7) is 4.64. The van der Waals surface area contributed by atoms with Gasteiger partial charge in [-0.15, -0.1) is 0 Å². The van der Waals surface area contributed by atoms with Gasteiger partial charge in [0.2, 0.25) is 6.29 Å². The second-order valence-electron chi connectivity index (χ2n) is 7.59. The Morgan fingerprint density at radius 1 is 0.867 bits per heavy atom. The number of carbonyl (C=O) groups excluding carboxylic acids is 3. The lowest BCUT2D eigenvalue weighted by Crippen LogP contribution is -2.42. The molecule has 2 aromatic rings. The van der Waals surface area contributed by atoms with E-state index >= 15 is 0 Å². The number of benzene rings is 2. The summed E-state index contributed by atoms with van der Waals surface area (Å²) in [7, 11) is 0. The molecule has 3 atom stereocenters. The van der Waals surface area contributed by atoms with Gasteiger partial charge in [-0.25, -0.2) is 9.59 Å². The molecular formula is C23H24O7. The van der Waals surface area contributed by atoms with Crippen molar-refractivity contribution in [2.45, 2.75) is 39.3 Å². The first kappa shape index (κ1) is 21.5. The van der Waals surface area contributed by atoms with Crippen LogP contribution in [0.2, 0.25) is 0 Å².